The zero-order chi connectivity index (χ0) is 11.5. The third kappa shape index (κ3) is 2.60. The molecule has 2 atom stereocenters. The monoisotopic (exact) mass is 205 g/mol. The minimum Gasteiger partial charge on any atom is -0.317 e. The number of hydrogen-bond donors (Lipinski definition) is 1. The largest absolute Gasteiger partial charge is 0.317 e. The molecular formula is C14H23N. The summed E-state index contributed by atoms with van der Waals surface area (Å²) in [4.78, 5) is 0. The van der Waals surface area contributed by atoms with E-state index in [1.165, 1.54) is 5.56 Å². The first kappa shape index (κ1) is 12.3. The van der Waals surface area contributed by atoms with Crippen molar-refractivity contribution in [2.45, 2.75) is 39.2 Å². The fourth-order valence-corrected chi connectivity index (χ4v) is 2.01. The Hall–Kier alpha value is -0.820. The van der Waals surface area contributed by atoms with Crippen molar-refractivity contribution in [2.24, 2.45) is 5.92 Å². The predicted octanol–water partition coefficient (Wildman–Crippen LogP) is 3.21. The van der Waals surface area contributed by atoms with Crippen molar-refractivity contribution >= 4 is 0 Å². The zero-order valence-electron chi connectivity index (χ0n) is 10.5. The summed E-state index contributed by atoms with van der Waals surface area (Å²) in [5.41, 5.74) is 1.63. The number of hydrogen-bond acceptors (Lipinski definition) is 1. The average molecular weight is 205 g/mol. The summed E-state index contributed by atoms with van der Waals surface area (Å²) in [6.07, 6.45) is 0. The van der Waals surface area contributed by atoms with Gasteiger partial charge in [-0.3, -0.25) is 0 Å². The molecule has 0 heterocycles. The minimum absolute atomic E-state index is 0.212. The second-order valence-corrected chi connectivity index (χ2v) is 4.95. The van der Waals surface area contributed by atoms with Crippen LogP contribution in [0.5, 0.6) is 0 Å². The molecule has 0 aromatic heterocycles. The highest BCUT2D eigenvalue weighted by molar-refractivity contribution is 5.24. The lowest BCUT2D eigenvalue weighted by Gasteiger charge is -2.36. The number of nitrogens with one attached hydrogen (secondary N) is 1. The van der Waals surface area contributed by atoms with Crippen LogP contribution in [0, 0.1) is 5.92 Å². The van der Waals surface area contributed by atoms with E-state index in [0.717, 1.165) is 0 Å². The average Bonchev–Trinajstić information content (AvgIpc) is 2.28. The van der Waals surface area contributed by atoms with E-state index in [4.69, 9.17) is 0 Å². The van der Waals surface area contributed by atoms with Crippen LogP contribution in [0.4, 0.5) is 0 Å². The first-order chi connectivity index (χ1) is 7.00. The van der Waals surface area contributed by atoms with Crippen molar-refractivity contribution in [2.75, 3.05) is 7.05 Å². The molecule has 84 valence electrons. The van der Waals surface area contributed by atoms with Crippen LogP contribution in [-0.2, 0) is 5.41 Å². The van der Waals surface area contributed by atoms with Crippen LogP contribution < -0.4 is 5.32 Å². The zero-order valence-corrected chi connectivity index (χ0v) is 10.5. The van der Waals surface area contributed by atoms with E-state index in [9.17, 15) is 0 Å². The van der Waals surface area contributed by atoms with Crippen molar-refractivity contribution in [3.8, 4) is 0 Å². The molecule has 0 aliphatic rings. The Kier molecular flexibility index (Phi) is 3.92. The predicted molar refractivity (Wildman–Crippen MR) is 67.2 cm³/mol. The van der Waals surface area contributed by atoms with Gasteiger partial charge in [0.1, 0.15) is 0 Å². The fourth-order valence-electron chi connectivity index (χ4n) is 2.01. The Morgan fingerprint density at radius 2 is 1.60 bits per heavy atom. The lowest BCUT2D eigenvalue weighted by Crippen LogP contribution is -2.40. The van der Waals surface area contributed by atoms with Gasteiger partial charge in [0.15, 0.2) is 0 Å². The van der Waals surface area contributed by atoms with Crippen LogP contribution in [0.15, 0.2) is 30.3 Å². The van der Waals surface area contributed by atoms with Gasteiger partial charge in [-0.2, -0.15) is 0 Å². The third-order valence-electron chi connectivity index (χ3n) is 3.86. The molecule has 1 heteroatoms. The maximum Gasteiger partial charge on any atom is 0.00696 e. The fraction of sp³-hybridized carbons (Fsp3) is 0.571. The standard InChI is InChI=1S/C14H23N/c1-11(12(2)15-5)14(3,4)13-9-7-6-8-10-13/h6-12,15H,1-5H3. The maximum atomic E-state index is 3.34. The first-order valence-corrected chi connectivity index (χ1v) is 5.73. The summed E-state index contributed by atoms with van der Waals surface area (Å²) < 4.78 is 0. The second kappa shape index (κ2) is 4.80. The van der Waals surface area contributed by atoms with Crippen LogP contribution in [0.2, 0.25) is 0 Å². The van der Waals surface area contributed by atoms with Gasteiger partial charge in [0, 0.05) is 6.04 Å². The van der Waals surface area contributed by atoms with Gasteiger partial charge in [-0.05, 0) is 30.9 Å². The maximum absolute atomic E-state index is 3.34. The lowest BCUT2D eigenvalue weighted by atomic mass is 9.71. The summed E-state index contributed by atoms with van der Waals surface area (Å²) in [5.74, 6) is 0.602. The highest BCUT2D eigenvalue weighted by Crippen LogP contribution is 2.33. The van der Waals surface area contributed by atoms with Crippen molar-refractivity contribution in [3.63, 3.8) is 0 Å². The van der Waals surface area contributed by atoms with Gasteiger partial charge in [-0.1, -0.05) is 51.1 Å². The minimum atomic E-state index is 0.212. The summed E-state index contributed by atoms with van der Waals surface area (Å²) >= 11 is 0. The molecule has 0 spiro atoms. The van der Waals surface area contributed by atoms with E-state index in [0.29, 0.717) is 12.0 Å². The van der Waals surface area contributed by atoms with Gasteiger partial charge >= 0.3 is 0 Å². The van der Waals surface area contributed by atoms with Crippen LogP contribution >= 0.6 is 0 Å². The Labute approximate surface area is 93.9 Å². The van der Waals surface area contributed by atoms with Gasteiger partial charge in [0.25, 0.3) is 0 Å². The van der Waals surface area contributed by atoms with Crippen LogP contribution in [0.1, 0.15) is 33.3 Å². The molecule has 1 nitrogen and oxygen atoms in total. The van der Waals surface area contributed by atoms with Crippen molar-refractivity contribution < 1.29 is 0 Å². The second-order valence-electron chi connectivity index (χ2n) is 4.95. The van der Waals surface area contributed by atoms with Gasteiger partial charge in [-0.25, -0.2) is 0 Å². The van der Waals surface area contributed by atoms with Gasteiger partial charge in [-0.15, -0.1) is 0 Å². The van der Waals surface area contributed by atoms with E-state index in [1.807, 2.05) is 7.05 Å². The van der Waals surface area contributed by atoms with Crippen LogP contribution in [-0.4, -0.2) is 13.1 Å². The highest BCUT2D eigenvalue weighted by atomic mass is 14.9. The molecule has 1 rings (SSSR count). The molecule has 0 bridgehead atoms. The Morgan fingerprint density at radius 3 is 2.07 bits per heavy atom. The highest BCUT2D eigenvalue weighted by Gasteiger charge is 2.30. The van der Waals surface area contributed by atoms with Gasteiger partial charge in [0.05, 0.1) is 0 Å². The van der Waals surface area contributed by atoms with E-state index in [1.54, 1.807) is 0 Å². The Balaban J connectivity index is 2.92. The lowest BCUT2D eigenvalue weighted by molar-refractivity contribution is 0.277. The molecule has 1 aromatic carbocycles. The van der Waals surface area contributed by atoms with E-state index < -0.39 is 0 Å². The molecule has 2 unspecified atom stereocenters. The molecule has 1 N–H and O–H groups in total. The number of rotatable bonds is 4. The van der Waals surface area contributed by atoms with Crippen molar-refractivity contribution in [1.82, 2.24) is 5.32 Å². The molecule has 0 radical (unpaired) electrons. The molecule has 1 aromatic rings. The topological polar surface area (TPSA) is 12.0 Å². The van der Waals surface area contributed by atoms with Crippen molar-refractivity contribution in [1.29, 1.82) is 0 Å². The van der Waals surface area contributed by atoms with Gasteiger partial charge < -0.3 is 5.32 Å². The van der Waals surface area contributed by atoms with E-state index in [2.05, 4.69) is 63.3 Å². The third-order valence-corrected chi connectivity index (χ3v) is 3.86. The van der Waals surface area contributed by atoms with E-state index >= 15 is 0 Å². The van der Waals surface area contributed by atoms with Crippen LogP contribution in [0.3, 0.4) is 0 Å². The molecule has 0 saturated heterocycles. The quantitative estimate of drug-likeness (QED) is 0.796. The summed E-state index contributed by atoms with van der Waals surface area (Å²) in [6.45, 7) is 9.20. The molecule has 0 saturated carbocycles. The first-order valence-electron chi connectivity index (χ1n) is 5.73. The van der Waals surface area contributed by atoms with Crippen molar-refractivity contribution in [3.05, 3.63) is 35.9 Å². The number of benzene rings is 1. The Morgan fingerprint density at radius 1 is 1.07 bits per heavy atom. The molecule has 0 fully saturated rings. The summed E-state index contributed by atoms with van der Waals surface area (Å²) in [5, 5.41) is 3.34. The molecule has 0 aliphatic heterocycles. The molecule has 0 aliphatic carbocycles. The molecular weight excluding hydrogens is 182 g/mol. The summed E-state index contributed by atoms with van der Waals surface area (Å²) in [6, 6.07) is 11.3. The smallest absolute Gasteiger partial charge is 0.00696 e. The molecule has 15 heavy (non-hydrogen) atoms. The Bertz CT molecular complexity index is 289. The summed E-state index contributed by atoms with van der Waals surface area (Å²) in [7, 11) is 2.03. The molecule has 0 amide bonds. The SMILES string of the molecule is CNC(C)C(C)C(C)(C)c1ccccc1. The van der Waals surface area contributed by atoms with Crippen LogP contribution in [0.25, 0.3) is 0 Å². The van der Waals surface area contributed by atoms with E-state index in [-0.39, 0.29) is 5.41 Å². The normalized spacial score (nSPS) is 16.1. The van der Waals surface area contributed by atoms with Gasteiger partial charge in [0.2, 0.25) is 0 Å².